The van der Waals surface area contributed by atoms with Crippen LogP contribution in [0.25, 0.3) is 11.1 Å². The Hall–Kier alpha value is -1.32. The van der Waals surface area contributed by atoms with Gasteiger partial charge in [-0.1, -0.05) is 37.1 Å². The van der Waals surface area contributed by atoms with E-state index in [0.29, 0.717) is 0 Å². The van der Waals surface area contributed by atoms with Gasteiger partial charge in [0.15, 0.2) is 0 Å². The van der Waals surface area contributed by atoms with Crippen molar-refractivity contribution in [3.8, 4) is 11.1 Å². The zero-order chi connectivity index (χ0) is 14.8. The van der Waals surface area contributed by atoms with Gasteiger partial charge in [-0.2, -0.15) is 5.10 Å². The molecule has 0 atom stereocenters. The van der Waals surface area contributed by atoms with Crippen molar-refractivity contribution < 1.29 is 0 Å². The number of aryl methyl sites for hydroxylation is 2. The standard InChI is InChI=1S/C17H22ClN3/c1-3-4-17-15(11-21(2)20-17)14-8-5-12(9-16(14)18)10-19-13-6-7-13/h5,8-9,11,13,19H,3-4,6-7,10H2,1-2H3. The second-order valence-corrected chi connectivity index (χ2v) is 6.29. The number of aromatic nitrogens is 2. The summed E-state index contributed by atoms with van der Waals surface area (Å²) in [5.74, 6) is 0. The third-order valence-electron chi connectivity index (χ3n) is 3.89. The molecule has 1 N–H and O–H groups in total. The van der Waals surface area contributed by atoms with Crippen molar-refractivity contribution >= 4 is 11.6 Å². The molecule has 0 unspecified atom stereocenters. The molecular weight excluding hydrogens is 282 g/mol. The lowest BCUT2D eigenvalue weighted by atomic mass is 10.0. The predicted octanol–water partition coefficient (Wildman–Crippen LogP) is 3.95. The fourth-order valence-electron chi connectivity index (χ4n) is 2.62. The van der Waals surface area contributed by atoms with Gasteiger partial charge in [0.1, 0.15) is 0 Å². The van der Waals surface area contributed by atoms with Gasteiger partial charge < -0.3 is 5.32 Å². The number of rotatable bonds is 6. The lowest BCUT2D eigenvalue weighted by molar-refractivity contribution is 0.688. The third-order valence-corrected chi connectivity index (χ3v) is 4.20. The highest BCUT2D eigenvalue weighted by molar-refractivity contribution is 6.33. The first kappa shape index (κ1) is 14.6. The summed E-state index contributed by atoms with van der Waals surface area (Å²) in [4.78, 5) is 0. The fourth-order valence-corrected chi connectivity index (χ4v) is 2.92. The molecule has 1 heterocycles. The molecule has 1 aromatic heterocycles. The number of hydrogen-bond donors (Lipinski definition) is 1. The summed E-state index contributed by atoms with van der Waals surface area (Å²) in [6.45, 7) is 3.08. The van der Waals surface area contributed by atoms with Crippen LogP contribution in [0.5, 0.6) is 0 Å². The van der Waals surface area contributed by atoms with Crippen molar-refractivity contribution in [2.75, 3.05) is 0 Å². The summed E-state index contributed by atoms with van der Waals surface area (Å²) >= 11 is 6.51. The Morgan fingerprint density at radius 3 is 2.81 bits per heavy atom. The number of nitrogens with one attached hydrogen (secondary N) is 1. The van der Waals surface area contributed by atoms with Crippen LogP contribution in [-0.2, 0) is 20.0 Å². The molecule has 1 saturated carbocycles. The molecule has 112 valence electrons. The zero-order valence-corrected chi connectivity index (χ0v) is 13.5. The van der Waals surface area contributed by atoms with Crippen molar-refractivity contribution in [2.45, 2.75) is 45.2 Å². The molecular formula is C17H22ClN3. The average molecular weight is 304 g/mol. The van der Waals surface area contributed by atoms with E-state index in [1.165, 1.54) is 18.4 Å². The third kappa shape index (κ3) is 3.47. The zero-order valence-electron chi connectivity index (χ0n) is 12.7. The second-order valence-electron chi connectivity index (χ2n) is 5.88. The Morgan fingerprint density at radius 1 is 1.33 bits per heavy atom. The molecule has 0 amide bonds. The van der Waals surface area contributed by atoms with Crippen molar-refractivity contribution in [3.63, 3.8) is 0 Å². The summed E-state index contributed by atoms with van der Waals surface area (Å²) in [6, 6.07) is 7.09. The summed E-state index contributed by atoms with van der Waals surface area (Å²) in [5.41, 5.74) is 4.62. The fraction of sp³-hybridized carbons (Fsp3) is 0.471. The van der Waals surface area contributed by atoms with E-state index in [4.69, 9.17) is 11.6 Å². The molecule has 21 heavy (non-hydrogen) atoms. The molecule has 1 fully saturated rings. The van der Waals surface area contributed by atoms with E-state index in [0.717, 1.165) is 47.3 Å². The lowest BCUT2D eigenvalue weighted by Crippen LogP contribution is -2.15. The van der Waals surface area contributed by atoms with E-state index < -0.39 is 0 Å². The number of halogens is 1. The maximum Gasteiger partial charge on any atom is 0.0703 e. The summed E-state index contributed by atoms with van der Waals surface area (Å²) in [5, 5.41) is 8.89. The summed E-state index contributed by atoms with van der Waals surface area (Å²) in [6.07, 6.45) is 6.75. The highest BCUT2D eigenvalue weighted by Gasteiger charge is 2.20. The van der Waals surface area contributed by atoms with Gasteiger partial charge in [-0.15, -0.1) is 0 Å². The molecule has 2 aromatic rings. The highest BCUT2D eigenvalue weighted by atomic mass is 35.5. The van der Waals surface area contributed by atoms with E-state index in [9.17, 15) is 0 Å². The quantitative estimate of drug-likeness (QED) is 0.876. The molecule has 0 bridgehead atoms. The minimum Gasteiger partial charge on any atom is -0.310 e. The minimum absolute atomic E-state index is 0.720. The van der Waals surface area contributed by atoms with Crippen LogP contribution in [0.2, 0.25) is 5.02 Å². The molecule has 1 aromatic carbocycles. The van der Waals surface area contributed by atoms with Crippen molar-refractivity contribution in [3.05, 3.63) is 40.7 Å². The smallest absolute Gasteiger partial charge is 0.0703 e. The molecule has 0 saturated heterocycles. The summed E-state index contributed by atoms with van der Waals surface area (Å²) < 4.78 is 1.87. The van der Waals surface area contributed by atoms with Crippen LogP contribution < -0.4 is 5.32 Å². The van der Waals surface area contributed by atoms with Gasteiger partial charge in [-0.3, -0.25) is 4.68 Å². The van der Waals surface area contributed by atoms with Gasteiger partial charge in [0.05, 0.1) is 5.69 Å². The lowest BCUT2D eigenvalue weighted by Gasteiger charge is -2.08. The molecule has 0 aliphatic heterocycles. The normalized spacial score (nSPS) is 14.6. The first-order chi connectivity index (χ1) is 10.2. The number of hydrogen-bond acceptors (Lipinski definition) is 2. The molecule has 0 spiro atoms. The molecule has 3 rings (SSSR count). The number of nitrogens with zero attached hydrogens (tertiary/aromatic N) is 2. The van der Waals surface area contributed by atoms with Gasteiger partial charge in [-0.05, 0) is 30.9 Å². The van der Waals surface area contributed by atoms with Crippen molar-refractivity contribution in [2.24, 2.45) is 7.05 Å². The first-order valence-electron chi connectivity index (χ1n) is 7.72. The Labute approximate surface area is 131 Å². The Morgan fingerprint density at radius 2 is 2.14 bits per heavy atom. The van der Waals surface area contributed by atoms with Crippen molar-refractivity contribution in [1.29, 1.82) is 0 Å². The van der Waals surface area contributed by atoms with E-state index in [2.05, 4.69) is 41.7 Å². The molecule has 3 nitrogen and oxygen atoms in total. The van der Waals surface area contributed by atoms with Gasteiger partial charge in [-0.25, -0.2) is 0 Å². The van der Waals surface area contributed by atoms with Crippen LogP contribution in [-0.4, -0.2) is 15.8 Å². The van der Waals surface area contributed by atoms with Gasteiger partial charge in [0.2, 0.25) is 0 Å². The predicted molar refractivity (Wildman–Crippen MR) is 87.5 cm³/mol. The number of benzene rings is 1. The monoisotopic (exact) mass is 303 g/mol. The van der Waals surface area contributed by atoms with E-state index in [-0.39, 0.29) is 0 Å². The van der Waals surface area contributed by atoms with Crippen LogP contribution in [0.4, 0.5) is 0 Å². The maximum atomic E-state index is 6.51. The van der Waals surface area contributed by atoms with E-state index in [1.807, 2.05) is 11.7 Å². The van der Waals surface area contributed by atoms with Gasteiger partial charge in [0, 0.05) is 42.0 Å². The molecule has 4 heteroatoms. The molecule has 0 radical (unpaired) electrons. The largest absolute Gasteiger partial charge is 0.310 e. The topological polar surface area (TPSA) is 29.9 Å². The van der Waals surface area contributed by atoms with Crippen LogP contribution in [0, 0.1) is 0 Å². The molecule has 1 aliphatic carbocycles. The maximum absolute atomic E-state index is 6.51. The van der Waals surface area contributed by atoms with Crippen LogP contribution in [0.3, 0.4) is 0 Å². The van der Waals surface area contributed by atoms with E-state index >= 15 is 0 Å². The average Bonchev–Trinajstić information content (AvgIpc) is 3.21. The van der Waals surface area contributed by atoms with Crippen LogP contribution in [0.1, 0.15) is 37.4 Å². The van der Waals surface area contributed by atoms with Crippen LogP contribution in [0.15, 0.2) is 24.4 Å². The van der Waals surface area contributed by atoms with E-state index in [1.54, 1.807) is 0 Å². The Kier molecular flexibility index (Phi) is 4.32. The summed E-state index contributed by atoms with van der Waals surface area (Å²) in [7, 11) is 1.96. The minimum atomic E-state index is 0.720. The van der Waals surface area contributed by atoms with Gasteiger partial charge >= 0.3 is 0 Å². The Bertz CT molecular complexity index is 629. The highest BCUT2D eigenvalue weighted by Crippen LogP contribution is 2.31. The van der Waals surface area contributed by atoms with Crippen LogP contribution >= 0.6 is 11.6 Å². The van der Waals surface area contributed by atoms with Crippen molar-refractivity contribution in [1.82, 2.24) is 15.1 Å². The SMILES string of the molecule is CCCc1nn(C)cc1-c1ccc(CNC2CC2)cc1Cl. The second kappa shape index (κ2) is 6.20. The Balaban J connectivity index is 1.84. The first-order valence-corrected chi connectivity index (χ1v) is 8.10. The van der Waals surface area contributed by atoms with Gasteiger partial charge in [0.25, 0.3) is 0 Å². The molecule has 1 aliphatic rings.